The Balaban J connectivity index is 1.98. The van der Waals surface area contributed by atoms with Crippen LogP contribution in [0.4, 0.5) is 10.5 Å². The Kier molecular flexibility index (Phi) is 6.14. The fourth-order valence-electron chi connectivity index (χ4n) is 2.04. The lowest BCUT2D eigenvalue weighted by atomic mass is 10.2. The van der Waals surface area contributed by atoms with Crippen LogP contribution in [0.5, 0.6) is 17.2 Å². The summed E-state index contributed by atoms with van der Waals surface area (Å²) in [5, 5.41) is 5.80. The number of halogens is 1. The number of hydrogen-bond acceptors (Lipinski definition) is 4. The van der Waals surface area contributed by atoms with Gasteiger partial charge in [-0.25, -0.2) is 4.79 Å². The number of rotatable bonds is 6. The van der Waals surface area contributed by atoms with Gasteiger partial charge in [0.25, 0.3) is 0 Å². The van der Waals surface area contributed by atoms with E-state index in [9.17, 15) is 4.79 Å². The van der Waals surface area contributed by atoms with Crippen molar-refractivity contribution in [1.82, 2.24) is 5.32 Å². The zero-order valence-electron chi connectivity index (χ0n) is 13.7. The molecule has 0 saturated heterocycles. The first-order valence-electron chi connectivity index (χ1n) is 7.16. The molecule has 0 saturated carbocycles. The molecule has 0 fully saturated rings. The van der Waals surface area contributed by atoms with Crippen LogP contribution < -0.4 is 24.8 Å². The van der Waals surface area contributed by atoms with Crippen LogP contribution in [-0.2, 0) is 6.54 Å². The summed E-state index contributed by atoms with van der Waals surface area (Å²) in [4.78, 5) is 12.0. The minimum atomic E-state index is -0.375. The third kappa shape index (κ3) is 4.45. The number of methoxy groups -OCH3 is 3. The van der Waals surface area contributed by atoms with Gasteiger partial charge < -0.3 is 24.8 Å². The number of hydrogen-bond donors (Lipinski definition) is 2. The van der Waals surface area contributed by atoms with Gasteiger partial charge in [0.2, 0.25) is 0 Å². The second-order valence-corrected chi connectivity index (χ2v) is 5.25. The van der Waals surface area contributed by atoms with E-state index in [0.29, 0.717) is 28.8 Å². The predicted molar refractivity (Wildman–Crippen MR) is 93.4 cm³/mol. The molecular weight excluding hydrogens is 332 g/mol. The zero-order chi connectivity index (χ0) is 17.5. The van der Waals surface area contributed by atoms with Crippen molar-refractivity contribution in [3.63, 3.8) is 0 Å². The summed E-state index contributed by atoms with van der Waals surface area (Å²) in [6, 6.07) is 10.2. The van der Waals surface area contributed by atoms with Crippen molar-refractivity contribution in [3.05, 3.63) is 47.0 Å². The van der Waals surface area contributed by atoms with Crippen LogP contribution in [0.1, 0.15) is 5.56 Å². The fourth-order valence-corrected chi connectivity index (χ4v) is 2.24. The molecule has 2 aromatic carbocycles. The average Bonchev–Trinajstić information content (AvgIpc) is 2.61. The van der Waals surface area contributed by atoms with Crippen molar-refractivity contribution in [2.24, 2.45) is 0 Å². The third-order valence-electron chi connectivity index (χ3n) is 3.33. The second-order valence-electron chi connectivity index (χ2n) is 4.84. The average molecular weight is 351 g/mol. The largest absolute Gasteiger partial charge is 0.497 e. The Bertz CT molecular complexity index is 704. The molecule has 0 atom stereocenters. The molecule has 0 aliphatic rings. The van der Waals surface area contributed by atoms with Gasteiger partial charge in [0.05, 0.1) is 32.0 Å². The Morgan fingerprint density at radius 2 is 1.62 bits per heavy atom. The van der Waals surface area contributed by atoms with Gasteiger partial charge in [0, 0.05) is 18.7 Å². The molecule has 128 valence electrons. The lowest BCUT2D eigenvalue weighted by molar-refractivity contribution is 0.251. The van der Waals surface area contributed by atoms with Crippen molar-refractivity contribution in [2.75, 3.05) is 26.6 Å². The van der Waals surface area contributed by atoms with Gasteiger partial charge in [0.1, 0.15) is 5.75 Å². The Morgan fingerprint density at radius 1 is 1.00 bits per heavy atom. The van der Waals surface area contributed by atoms with Crippen LogP contribution in [0.15, 0.2) is 36.4 Å². The van der Waals surface area contributed by atoms with Crippen LogP contribution in [-0.4, -0.2) is 27.4 Å². The normalized spacial score (nSPS) is 10.0. The van der Waals surface area contributed by atoms with Gasteiger partial charge in [-0.05, 0) is 17.7 Å². The molecule has 2 rings (SSSR count). The van der Waals surface area contributed by atoms with Gasteiger partial charge >= 0.3 is 6.03 Å². The molecule has 0 aromatic heterocycles. The number of carbonyl (C=O) groups excluding carboxylic acids is 1. The summed E-state index contributed by atoms with van der Waals surface area (Å²) in [5.74, 6) is 1.74. The summed E-state index contributed by atoms with van der Waals surface area (Å²) in [5.41, 5.74) is 1.38. The van der Waals surface area contributed by atoms with E-state index in [1.807, 2.05) is 24.3 Å². The highest BCUT2D eigenvalue weighted by atomic mass is 35.5. The van der Waals surface area contributed by atoms with Gasteiger partial charge in [-0.15, -0.1) is 0 Å². The van der Waals surface area contributed by atoms with E-state index < -0.39 is 0 Å². The van der Waals surface area contributed by atoms with E-state index in [2.05, 4.69) is 10.6 Å². The number of anilines is 1. The SMILES string of the molecule is COc1ccc(CNC(=O)Nc2cc(OC)c(OC)cc2Cl)cc1. The Morgan fingerprint density at radius 3 is 2.21 bits per heavy atom. The first-order chi connectivity index (χ1) is 11.6. The predicted octanol–water partition coefficient (Wildman–Crippen LogP) is 3.69. The Labute approximate surface area is 145 Å². The molecule has 0 heterocycles. The van der Waals surface area contributed by atoms with Crippen LogP contribution in [0.3, 0.4) is 0 Å². The summed E-state index contributed by atoms with van der Waals surface area (Å²) < 4.78 is 15.4. The highest BCUT2D eigenvalue weighted by Gasteiger charge is 2.12. The lowest BCUT2D eigenvalue weighted by Crippen LogP contribution is -2.28. The number of carbonyl (C=O) groups is 1. The van der Waals surface area contributed by atoms with E-state index in [1.54, 1.807) is 19.2 Å². The number of amides is 2. The quantitative estimate of drug-likeness (QED) is 0.833. The maximum absolute atomic E-state index is 12.0. The third-order valence-corrected chi connectivity index (χ3v) is 3.65. The van der Waals surface area contributed by atoms with E-state index in [-0.39, 0.29) is 6.03 Å². The van der Waals surface area contributed by atoms with E-state index in [4.69, 9.17) is 25.8 Å². The van der Waals surface area contributed by atoms with Crippen molar-refractivity contribution < 1.29 is 19.0 Å². The number of nitrogens with one attached hydrogen (secondary N) is 2. The topological polar surface area (TPSA) is 68.8 Å². The zero-order valence-corrected chi connectivity index (χ0v) is 14.4. The fraction of sp³-hybridized carbons (Fsp3) is 0.235. The molecule has 0 aliphatic heterocycles. The smallest absolute Gasteiger partial charge is 0.319 e. The van der Waals surface area contributed by atoms with E-state index >= 15 is 0 Å². The van der Waals surface area contributed by atoms with Crippen LogP contribution in [0, 0.1) is 0 Å². The van der Waals surface area contributed by atoms with Crippen molar-refractivity contribution in [2.45, 2.75) is 6.54 Å². The summed E-state index contributed by atoms with van der Waals surface area (Å²) >= 11 is 6.14. The van der Waals surface area contributed by atoms with E-state index in [0.717, 1.165) is 11.3 Å². The minimum absolute atomic E-state index is 0.354. The first-order valence-corrected chi connectivity index (χ1v) is 7.54. The molecule has 0 aliphatic carbocycles. The number of benzene rings is 2. The molecule has 2 amide bonds. The van der Waals surface area contributed by atoms with E-state index in [1.165, 1.54) is 14.2 Å². The van der Waals surface area contributed by atoms with Crippen LogP contribution >= 0.6 is 11.6 Å². The first kappa shape index (κ1) is 17.7. The van der Waals surface area contributed by atoms with Crippen molar-refractivity contribution in [3.8, 4) is 17.2 Å². The second kappa shape index (κ2) is 8.31. The molecule has 0 radical (unpaired) electrons. The molecule has 6 nitrogen and oxygen atoms in total. The molecule has 2 N–H and O–H groups in total. The minimum Gasteiger partial charge on any atom is -0.497 e. The maximum Gasteiger partial charge on any atom is 0.319 e. The Hall–Kier alpha value is -2.60. The van der Waals surface area contributed by atoms with Crippen molar-refractivity contribution >= 4 is 23.3 Å². The highest BCUT2D eigenvalue weighted by Crippen LogP contribution is 2.35. The highest BCUT2D eigenvalue weighted by molar-refractivity contribution is 6.34. The van der Waals surface area contributed by atoms with Crippen LogP contribution in [0.2, 0.25) is 5.02 Å². The van der Waals surface area contributed by atoms with Gasteiger partial charge in [-0.3, -0.25) is 0 Å². The molecule has 7 heteroatoms. The van der Waals surface area contributed by atoms with Gasteiger partial charge in [-0.1, -0.05) is 23.7 Å². The van der Waals surface area contributed by atoms with Gasteiger partial charge in [0.15, 0.2) is 11.5 Å². The molecule has 0 bridgehead atoms. The maximum atomic E-state index is 12.0. The number of ether oxygens (including phenoxy) is 3. The molecule has 2 aromatic rings. The standard InChI is InChI=1S/C17H19ClN2O4/c1-22-12-6-4-11(5-7-12)10-19-17(21)20-14-9-16(24-3)15(23-2)8-13(14)18/h4-9H,10H2,1-3H3,(H2,19,20,21). The molecular formula is C17H19ClN2O4. The van der Waals surface area contributed by atoms with Crippen molar-refractivity contribution in [1.29, 1.82) is 0 Å². The summed E-state index contributed by atoms with van der Waals surface area (Å²) in [6.07, 6.45) is 0. The monoisotopic (exact) mass is 350 g/mol. The lowest BCUT2D eigenvalue weighted by Gasteiger charge is -2.13. The molecule has 0 unspecified atom stereocenters. The number of urea groups is 1. The summed E-state index contributed by atoms with van der Waals surface area (Å²) in [6.45, 7) is 0.376. The summed E-state index contributed by atoms with van der Waals surface area (Å²) in [7, 11) is 4.63. The molecule has 0 spiro atoms. The van der Waals surface area contributed by atoms with Gasteiger partial charge in [-0.2, -0.15) is 0 Å². The molecule has 24 heavy (non-hydrogen) atoms. The van der Waals surface area contributed by atoms with Crippen LogP contribution in [0.25, 0.3) is 0 Å².